The number of unbranched alkanes of at least 4 members (excludes halogenated alkanes) is 2. The number of carbonyl (C=O) groups excluding carboxylic acids is 2. The lowest BCUT2D eigenvalue weighted by atomic mass is 9.55. The van der Waals surface area contributed by atoms with Gasteiger partial charge in [-0.15, -0.1) is 6.58 Å². The number of hydrogen-bond donors (Lipinski definition) is 3. The van der Waals surface area contributed by atoms with E-state index in [9.17, 15) is 19.8 Å². The molecule has 1 fully saturated rings. The fourth-order valence-corrected chi connectivity index (χ4v) is 7.54. The molecule has 0 aromatic heterocycles. The molecule has 0 saturated heterocycles. The molecule has 3 N–H and O–H groups in total. The molecule has 12 nitrogen and oxygen atoms in total. The van der Waals surface area contributed by atoms with Gasteiger partial charge in [-0.2, -0.15) is 0 Å². The van der Waals surface area contributed by atoms with E-state index < -0.39 is 29.9 Å². The van der Waals surface area contributed by atoms with Gasteiger partial charge in [-0.05, 0) is 75.1 Å². The number of nitrogens with one attached hydrogen (secondary N) is 1. The first-order valence-corrected chi connectivity index (χ1v) is 16.8. The van der Waals surface area contributed by atoms with Crippen LogP contribution in [0.15, 0.2) is 47.7 Å². The van der Waals surface area contributed by atoms with Gasteiger partial charge in [-0.3, -0.25) is 0 Å². The van der Waals surface area contributed by atoms with Crippen molar-refractivity contribution in [2.75, 3.05) is 47.1 Å². The summed E-state index contributed by atoms with van der Waals surface area (Å²) in [5.41, 5.74) is 2.46. The molecule has 1 aromatic rings. The standard InChI is InChI=1S/C35H51N3O9/c1-6-19-45-35-30(38(4)34(42)44-8-3)22-28(37-43-5)26-20-23(13-9-11-17-39)25(14-10-12-18-40)31(32(26)35)27-21-24(15-16-29(27)47-35)46-33(41)36-7-2/h6,15-16,20-21,23,25,30-32,39-40H,1,7-14,17-19,22H2,2-5H3,(H,36,41). The van der Waals surface area contributed by atoms with Gasteiger partial charge in [0.2, 0.25) is 5.79 Å². The second-order valence-corrected chi connectivity index (χ2v) is 12.2. The van der Waals surface area contributed by atoms with Crippen LogP contribution >= 0.6 is 0 Å². The number of aliphatic hydroxyl groups excluding tert-OH is 2. The Morgan fingerprint density at radius 3 is 2.57 bits per heavy atom. The van der Waals surface area contributed by atoms with Crippen molar-refractivity contribution in [3.63, 3.8) is 0 Å². The highest BCUT2D eigenvalue weighted by molar-refractivity contribution is 6.02. The molecule has 12 heteroatoms. The van der Waals surface area contributed by atoms with Crippen LogP contribution in [0, 0.1) is 17.8 Å². The molecule has 4 rings (SSSR count). The zero-order valence-corrected chi connectivity index (χ0v) is 28.1. The maximum absolute atomic E-state index is 13.3. The van der Waals surface area contributed by atoms with Gasteiger partial charge in [0.05, 0.1) is 24.8 Å². The average molecular weight is 658 g/mol. The Labute approximate surface area is 277 Å². The monoisotopic (exact) mass is 657 g/mol. The van der Waals surface area contributed by atoms with Crippen molar-refractivity contribution < 1.29 is 43.6 Å². The molecule has 2 aliphatic carbocycles. The van der Waals surface area contributed by atoms with Crippen LogP contribution in [0.1, 0.15) is 70.3 Å². The number of carbonyl (C=O) groups is 2. The summed E-state index contributed by atoms with van der Waals surface area (Å²) in [6, 6.07) is 4.69. The molecule has 1 saturated carbocycles. The van der Waals surface area contributed by atoms with Gasteiger partial charge >= 0.3 is 12.2 Å². The smallest absolute Gasteiger partial charge is 0.412 e. The molecule has 260 valence electrons. The van der Waals surface area contributed by atoms with Crippen LogP contribution < -0.4 is 14.8 Å². The molecular formula is C35H51N3O9. The number of oxime groups is 1. The number of nitrogens with zero attached hydrogens (tertiary/aromatic N) is 2. The summed E-state index contributed by atoms with van der Waals surface area (Å²) in [4.78, 5) is 32.7. The molecule has 0 radical (unpaired) electrons. The van der Waals surface area contributed by atoms with E-state index >= 15 is 0 Å². The van der Waals surface area contributed by atoms with Crippen molar-refractivity contribution in [2.24, 2.45) is 22.9 Å². The van der Waals surface area contributed by atoms with Gasteiger partial charge < -0.3 is 44.2 Å². The third-order valence-electron chi connectivity index (χ3n) is 9.40. The SMILES string of the molecule is C=CCOC12Oc3ccc(OC(=O)NCC)cc3C3C(CCCCO)C(CCCCO)C=C(C(=NOC)CC1N(C)C(=O)OCC)C32. The van der Waals surface area contributed by atoms with E-state index in [-0.39, 0.29) is 50.6 Å². The van der Waals surface area contributed by atoms with Crippen LogP contribution in [0.5, 0.6) is 11.5 Å². The second kappa shape index (κ2) is 17.0. The fraction of sp³-hybridized carbons (Fsp3) is 0.629. The molecule has 6 unspecified atom stereocenters. The number of fused-ring (bicyclic) bond motifs is 2. The first-order chi connectivity index (χ1) is 22.8. The van der Waals surface area contributed by atoms with E-state index in [0.29, 0.717) is 36.6 Å². The molecule has 0 bridgehead atoms. The van der Waals surface area contributed by atoms with E-state index in [1.54, 1.807) is 32.2 Å². The highest BCUT2D eigenvalue weighted by atomic mass is 16.7. The van der Waals surface area contributed by atoms with E-state index in [1.165, 1.54) is 12.0 Å². The highest BCUT2D eigenvalue weighted by Crippen LogP contribution is 2.61. The molecule has 47 heavy (non-hydrogen) atoms. The van der Waals surface area contributed by atoms with Crippen molar-refractivity contribution >= 4 is 17.9 Å². The van der Waals surface area contributed by atoms with Crippen molar-refractivity contribution in [1.82, 2.24) is 10.2 Å². The molecule has 1 aliphatic heterocycles. The molecule has 1 heterocycles. The molecule has 6 atom stereocenters. The number of benzene rings is 1. The first kappa shape index (κ1) is 36.2. The Hall–Kier alpha value is -3.61. The van der Waals surface area contributed by atoms with Gasteiger partial charge in [0, 0.05) is 44.7 Å². The normalized spacial score (nSPS) is 26.6. The number of hydrogen-bond acceptors (Lipinski definition) is 10. The molecule has 3 aliphatic rings. The van der Waals surface area contributed by atoms with Crippen LogP contribution in [0.25, 0.3) is 0 Å². The summed E-state index contributed by atoms with van der Waals surface area (Å²) < 4.78 is 24.8. The summed E-state index contributed by atoms with van der Waals surface area (Å²) in [6.07, 6.45) is 7.70. The van der Waals surface area contributed by atoms with Gasteiger partial charge in [0.25, 0.3) is 0 Å². The predicted octanol–water partition coefficient (Wildman–Crippen LogP) is 5.15. The van der Waals surface area contributed by atoms with Crippen molar-refractivity contribution in [3.05, 3.63) is 48.1 Å². The van der Waals surface area contributed by atoms with Crippen LogP contribution in [-0.4, -0.2) is 92.0 Å². The zero-order chi connectivity index (χ0) is 34.0. The first-order valence-electron chi connectivity index (χ1n) is 16.8. The molecule has 2 amide bonds. The number of ether oxygens (including phenoxy) is 4. The highest BCUT2D eigenvalue weighted by Gasteiger charge is 2.65. The summed E-state index contributed by atoms with van der Waals surface area (Å²) >= 11 is 0. The van der Waals surface area contributed by atoms with Crippen LogP contribution in [0.4, 0.5) is 9.59 Å². The minimum absolute atomic E-state index is 0.0542. The quantitative estimate of drug-likeness (QED) is 0.125. The van der Waals surface area contributed by atoms with Gasteiger partial charge in [-0.1, -0.05) is 30.1 Å². The molecule has 1 aromatic carbocycles. The lowest BCUT2D eigenvalue weighted by molar-refractivity contribution is -0.253. The van der Waals surface area contributed by atoms with Crippen molar-refractivity contribution in [1.29, 1.82) is 0 Å². The topological polar surface area (TPSA) is 148 Å². The third kappa shape index (κ3) is 7.76. The second-order valence-electron chi connectivity index (χ2n) is 12.2. The molecular weight excluding hydrogens is 606 g/mol. The number of allylic oxidation sites excluding steroid dienone is 1. The van der Waals surface area contributed by atoms with Crippen LogP contribution in [0.3, 0.4) is 0 Å². The van der Waals surface area contributed by atoms with E-state index in [1.807, 2.05) is 13.0 Å². The Morgan fingerprint density at radius 1 is 1.17 bits per heavy atom. The minimum atomic E-state index is -1.36. The average Bonchev–Trinajstić information content (AvgIpc) is 3.06. The van der Waals surface area contributed by atoms with Crippen molar-refractivity contribution in [3.8, 4) is 11.5 Å². The van der Waals surface area contributed by atoms with Gasteiger partial charge in [0.1, 0.15) is 24.7 Å². The van der Waals surface area contributed by atoms with Crippen molar-refractivity contribution in [2.45, 2.75) is 76.5 Å². The maximum Gasteiger partial charge on any atom is 0.412 e. The summed E-state index contributed by atoms with van der Waals surface area (Å²) in [7, 11) is 3.18. The molecule has 0 spiro atoms. The van der Waals surface area contributed by atoms with Crippen LogP contribution in [-0.2, 0) is 14.3 Å². The number of rotatable bonds is 16. The predicted molar refractivity (Wildman–Crippen MR) is 176 cm³/mol. The van der Waals surface area contributed by atoms with Gasteiger partial charge in [0.15, 0.2) is 0 Å². The Balaban J connectivity index is 1.99. The number of likely N-dealkylation sites (N-methyl/N-ethyl adjacent to an activating group) is 1. The van der Waals surface area contributed by atoms with E-state index in [2.05, 4.69) is 23.1 Å². The summed E-state index contributed by atoms with van der Waals surface area (Å²) in [5.74, 6) is -0.948. The van der Waals surface area contributed by atoms with Crippen LogP contribution in [0.2, 0.25) is 0 Å². The minimum Gasteiger partial charge on any atom is -0.459 e. The Kier molecular flexibility index (Phi) is 13.1. The number of aliphatic hydroxyl groups is 2. The zero-order valence-electron chi connectivity index (χ0n) is 28.1. The largest absolute Gasteiger partial charge is 0.459 e. The lowest BCUT2D eigenvalue weighted by Gasteiger charge is -2.59. The fourth-order valence-electron chi connectivity index (χ4n) is 7.54. The lowest BCUT2D eigenvalue weighted by Crippen LogP contribution is -2.69. The van der Waals surface area contributed by atoms with E-state index in [0.717, 1.165) is 36.8 Å². The van der Waals surface area contributed by atoms with E-state index in [4.69, 9.17) is 23.8 Å². The maximum atomic E-state index is 13.3. The third-order valence-corrected chi connectivity index (χ3v) is 9.40. The van der Waals surface area contributed by atoms with Gasteiger partial charge in [-0.25, -0.2) is 9.59 Å². The Bertz CT molecular complexity index is 1300. The Morgan fingerprint density at radius 2 is 1.91 bits per heavy atom. The summed E-state index contributed by atoms with van der Waals surface area (Å²) in [5, 5.41) is 26.5. The summed E-state index contributed by atoms with van der Waals surface area (Å²) in [6.45, 7) is 8.46. The number of amides is 2.